The zero-order valence-electron chi connectivity index (χ0n) is 78.5. The molecule has 32 nitrogen and oxygen atoms in total. The van der Waals surface area contributed by atoms with Gasteiger partial charge < -0.3 is 112 Å². The number of nitrogen functional groups attached to an aromatic ring is 1. The third kappa shape index (κ3) is 34.3. The predicted molar refractivity (Wildman–Crippen MR) is 492 cm³/mol. The second-order valence-electron chi connectivity index (χ2n) is 34.5. The summed E-state index contributed by atoms with van der Waals surface area (Å²) >= 11 is 5.64. The van der Waals surface area contributed by atoms with Crippen LogP contribution in [0.25, 0.3) is 11.1 Å². The minimum Gasteiger partial charge on any atom is -0.491 e. The number of nitrogens with one attached hydrogen (secondary N) is 2. The van der Waals surface area contributed by atoms with Gasteiger partial charge in [0.05, 0.1) is 142 Å². The number of carbonyl (C=O) groups excluding carboxylic acids is 6. The Kier molecular flexibility index (Phi) is 47.0. The van der Waals surface area contributed by atoms with Gasteiger partial charge in [0, 0.05) is 115 Å². The highest BCUT2D eigenvalue weighted by atomic mass is 32.2. The summed E-state index contributed by atoms with van der Waals surface area (Å²) in [5.41, 5.74) is 9.47. The number of rotatable bonds is 41. The molecular weight excluding hydrogens is 1740 g/mol. The number of piperidine rings is 1. The zero-order chi connectivity index (χ0) is 95.0. The van der Waals surface area contributed by atoms with E-state index in [0.717, 1.165) is 34.8 Å². The normalized spacial score (nSPS) is 26.4. The Bertz CT molecular complexity index is 4330. The van der Waals surface area contributed by atoms with E-state index in [1.54, 1.807) is 47.4 Å². The van der Waals surface area contributed by atoms with E-state index < -0.39 is 116 Å². The maximum atomic E-state index is 15.8. The first-order valence-corrected chi connectivity index (χ1v) is 48.1. The van der Waals surface area contributed by atoms with Gasteiger partial charge in [0.1, 0.15) is 59.3 Å². The molecule has 16 atom stereocenters. The van der Waals surface area contributed by atoms with Crippen molar-refractivity contribution in [3.8, 4) is 16.9 Å². The largest absolute Gasteiger partial charge is 0.491 e. The Hall–Kier alpha value is -7.66. The fourth-order valence-corrected chi connectivity index (χ4v) is 18.6. The van der Waals surface area contributed by atoms with Gasteiger partial charge in [0.2, 0.25) is 11.7 Å². The summed E-state index contributed by atoms with van der Waals surface area (Å²) in [6.45, 7) is 20.7. The number of aliphatic hydroxyl groups is 2. The highest BCUT2D eigenvalue weighted by molar-refractivity contribution is 7.91. The second-order valence-corrected chi connectivity index (χ2v) is 37.0. The number of fused-ring (bicyclic) bond motifs is 4. The summed E-state index contributed by atoms with van der Waals surface area (Å²) < 4.78 is 136. The number of hydrogen-bond acceptors (Lipinski definition) is 29. The number of pyridine rings is 1. The molecule has 8 rings (SSSR count). The van der Waals surface area contributed by atoms with Crippen molar-refractivity contribution in [2.75, 3.05) is 178 Å². The SMILES string of the molecule is CO[C@H]1C[C@@H]2CC[C@@H](C)[C@@](O)(O2)C(=O)C(=O)N2CCCC[C@H]2C(=O)O[C@H]([C@H](C)C[C@@H]2CC[C@@H](OC(=S)NCCOCCOCCOCCOCCOCCOCCOCCOCCC(=O)NCCS(=O)(=O)c3ccc(C(=O)N4CCOc5ccc(-c6ccc(N)nc6)cc5C4)c(C)c3F)[C@H](OC)C2)C[C@@H](OC)[C@H](C)/C=C(\C)[C@@H](O)[C@@H](OC)C(=O)[C@H](C)C[C@H](C)/C=C/C=CC=C1C. The molecule has 0 unspecified atom stereocenters. The molecule has 0 spiro atoms. The van der Waals surface area contributed by atoms with E-state index in [-0.39, 0.29) is 130 Å². The Morgan fingerprint density at radius 1 is 0.695 bits per heavy atom. The number of methoxy groups -OCH3 is 4. The Morgan fingerprint density at radius 2 is 1.34 bits per heavy atom. The third-order valence-electron chi connectivity index (χ3n) is 24.8. The summed E-state index contributed by atoms with van der Waals surface area (Å²) in [6.07, 6.45) is 13.5. The minimum atomic E-state index is -4.19. The van der Waals surface area contributed by atoms with Gasteiger partial charge >= 0.3 is 5.97 Å². The van der Waals surface area contributed by atoms with E-state index in [9.17, 15) is 47.4 Å². The van der Waals surface area contributed by atoms with Gasteiger partial charge in [-0.15, -0.1) is 0 Å². The van der Waals surface area contributed by atoms with Crippen molar-refractivity contribution in [3.05, 3.63) is 119 Å². The van der Waals surface area contributed by atoms with Crippen LogP contribution < -0.4 is 21.1 Å². The molecule has 3 fully saturated rings. The molecule has 2 bridgehead atoms. The number of sulfone groups is 1. The summed E-state index contributed by atoms with van der Waals surface area (Å²) in [6, 6.07) is 10.4. The molecule has 0 radical (unpaired) electrons. The van der Waals surface area contributed by atoms with Crippen LogP contribution in [0.3, 0.4) is 0 Å². The van der Waals surface area contributed by atoms with Crippen LogP contribution in [0.1, 0.15) is 153 Å². The molecule has 6 N–H and O–H groups in total. The smallest absolute Gasteiger partial charge is 0.329 e. The van der Waals surface area contributed by atoms with Crippen LogP contribution in [0.5, 0.6) is 5.75 Å². The van der Waals surface area contributed by atoms with Crippen molar-refractivity contribution < 1.29 is 128 Å². The number of halogens is 1. The summed E-state index contributed by atoms with van der Waals surface area (Å²) in [4.78, 5) is 90.8. The molecule has 5 aliphatic rings. The number of ether oxygens (including phenoxy) is 16. The van der Waals surface area contributed by atoms with E-state index in [2.05, 4.69) is 15.6 Å². The Balaban J connectivity index is 0.651. The first-order chi connectivity index (χ1) is 62.9. The van der Waals surface area contributed by atoms with E-state index in [1.807, 2.05) is 95.3 Å². The third-order valence-corrected chi connectivity index (χ3v) is 26.8. The van der Waals surface area contributed by atoms with Gasteiger partial charge in [-0.25, -0.2) is 22.6 Å². The van der Waals surface area contributed by atoms with Crippen LogP contribution in [-0.2, 0) is 111 Å². The van der Waals surface area contributed by atoms with Crippen LogP contribution in [0.4, 0.5) is 10.2 Å². The molecular formula is C96H143FN6O26S2. The number of benzene rings is 2. The number of hydrogen-bond donors (Lipinski definition) is 5. The fourth-order valence-electron chi connectivity index (χ4n) is 17.0. The Labute approximate surface area is 777 Å². The van der Waals surface area contributed by atoms with Crippen molar-refractivity contribution in [2.45, 2.75) is 211 Å². The minimum absolute atomic E-state index is 0.0102. The molecule has 732 valence electrons. The number of aliphatic hydroxyl groups excluding tert-OH is 1. The topological polar surface area (TPSA) is 394 Å². The van der Waals surface area contributed by atoms with Crippen LogP contribution in [-0.4, -0.2) is 307 Å². The lowest BCUT2D eigenvalue weighted by Crippen LogP contribution is -2.61. The van der Waals surface area contributed by atoms with Gasteiger partial charge in [0.15, 0.2) is 15.6 Å². The predicted octanol–water partition coefficient (Wildman–Crippen LogP) is 9.76. The highest BCUT2D eigenvalue weighted by Gasteiger charge is 2.53. The van der Waals surface area contributed by atoms with Crippen molar-refractivity contribution in [1.82, 2.24) is 25.4 Å². The molecule has 2 saturated heterocycles. The molecule has 5 heterocycles. The maximum absolute atomic E-state index is 15.8. The van der Waals surface area contributed by atoms with Crippen molar-refractivity contribution >= 4 is 68.3 Å². The molecule has 3 aromatic rings. The number of ketones is 2. The number of thiocarbonyl (C=S) groups is 1. The molecule has 1 saturated carbocycles. The number of aromatic nitrogens is 1. The van der Waals surface area contributed by atoms with Crippen LogP contribution >= 0.6 is 12.2 Å². The van der Waals surface area contributed by atoms with Crippen LogP contribution in [0.15, 0.2) is 101 Å². The summed E-state index contributed by atoms with van der Waals surface area (Å²) in [5, 5.41) is 29.9. The first kappa shape index (κ1) is 109. The molecule has 35 heteroatoms. The van der Waals surface area contributed by atoms with Gasteiger partial charge in [-0.2, -0.15) is 0 Å². The first-order valence-electron chi connectivity index (χ1n) is 46.0. The number of nitrogens with zero attached hydrogens (tertiary/aromatic N) is 3. The van der Waals surface area contributed by atoms with Crippen molar-refractivity contribution in [2.24, 2.45) is 35.5 Å². The second kappa shape index (κ2) is 56.6. The van der Waals surface area contributed by atoms with E-state index in [0.29, 0.717) is 167 Å². The van der Waals surface area contributed by atoms with Gasteiger partial charge in [0.25, 0.3) is 22.8 Å². The van der Waals surface area contributed by atoms with E-state index in [4.69, 9.17) is 93.7 Å². The fraction of sp³-hybridized carbons (Fsp3) is 0.667. The van der Waals surface area contributed by atoms with Crippen LogP contribution in [0, 0.1) is 48.2 Å². The van der Waals surface area contributed by atoms with Crippen molar-refractivity contribution in [1.29, 1.82) is 0 Å². The lowest BCUT2D eigenvalue weighted by Gasteiger charge is -2.43. The lowest BCUT2D eigenvalue weighted by molar-refractivity contribution is -0.265. The average molecular weight is 1880 g/mol. The number of Topliss-reactive ketones (excluding diaryl/α,β-unsaturated/α-hetero) is 2. The number of carbonyl (C=O) groups is 6. The number of amides is 3. The number of allylic oxidation sites excluding steroid dienone is 5. The number of esters is 1. The highest BCUT2D eigenvalue weighted by Crippen LogP contribution is 2.40. The quantitative estimate of drug-likeness (QED) is 0.0116. The average Bonchev–Trinajstić information content (AvgIpc) is 1.13. The Morgan fingerprint density at radius 3 is 1.96 bits per heavy atom. The van der Waals surface area contributed by atoms with Crippen LogP contribution in [0.2, 0.25) is 0 Å². The number of cyclic esters (lactones) is 1. The molecule has 3 amide bonds. The molecule has 2 aromatic carbocycles. The van der Waals surface area contributed by atoms with Gasteiger partial charge in [-0.1, -0.05) is 77.1 Å². The zero-order valence-corrected chi connectivity index (χ0v) is 80.1. The number of nitrogens with two attached hydrogens (primary N) is 1. The molecule has 1 aromatic heterocycles. The number of anilines is 1. The lowest BCUT2D eigenvalue weighted by atomic mass is 9.78. The van der Waals surface area contributed by atoms with Crippen molar-refractivity contribution in [3.63, 3.8) is 0 Å². The summed E-state index contributed by atoms with van der Waals surface area (Å²) in [7, 11) is 2.03. The van der Waals surface area contributed by atoms with Gasteiger partial charge in [-0.05, 0) is 174 Å². The van der Waals surface area contributed by atoms with E-state index in [1.165, 1.54) is 29.9 Å². The molecule has 4 aliphatic heterocycles. The van der Waals surface area contributed by atoms with E-state index >= 15 is 4.39 Å². The molecule has 131 heavy (non-hydrogen) atoms. The summed E-state index contributed by atoms with van der Waals surface area (Å²) in [5.74, 6) is -8.71. The van der Waals surface area contributed by atoms with Gasteiger partial charge in [-0.3, -0.25) is 24.0 Å². The monoisotopic (exact) mass is 1880 g/mol. The molecule has 1 aliphatic carbocycles. The maximum Gasteiger partial charge on any atom is 0.329 e. The standard InChI is InChI=1S/C96H143FN6O26S2/c1-63-18-14-13-15-19-64(2)80(114-9)59-75-25-21-69(7)96(111,129-75)91(107)93(109)103-34-17-16-20-77(103)94(110)127-82(60-81(115-10)65(3)55-68(6)89(106)90(117-12)88(105)67(5)54-63)66(4)56-71-22-27-79(83(57-71)116-11)128-95(130)100-32-37-119-40-42-121-44-46-123-48-50-125-52-51-124-49-47-122-45-43-120-41-39-118-36-31-86(104)99-33-53-131(112,113)84-29-26-76(70(8)87(84)97)92(108)102-35-38-126-78-28-23-72(58-74(78)62-102)73-24-30-85(98)101-61-73/h13-15,18-19,23-24,26,28-30,55,58,61,63,65-67,69,71,75,77,79-83,89-90,106,111H,16-17,20-22,25,27,31-54,56-57,59-60,62H2,1-12H3,(H2,98,101)(H,99,104)(H,100,130)/b15-13?,18-14+,64-19?,68-55+/t63-,65-,66-,67-,69-,71+,75+,77+,79-,80+,81-,82+,83-,89-,90+,96-/m1/s1.